The van der Waals surface area contributed by atoms with Crippen LogP contribution in [-0.2, 0) is 9.59 Å². The van der Waals surface area contributed by atoms with Crippen LogP contribution in [0.3, 0.4) is 0 Å². The van der Waals surface area contributed by atoms with Gasteiger partial charge in [-0.2, -0.15) is 0 Å². The molecular weight excluding hydrogens is 352 g/mol. The molecule has 0 bridgehead atoms. The molecule has 0 fully saturated rings. The molecule has 5 nitrogen and oxygen atoms in total. The number of aryl methyl sites for hydroxylation is 3. The molecule has 0 saturated carbocycles. The van der Waals surface area contributed by atoms with Gasteiger partial charge in [0.15, 0.2) is 0 Å². The van der Waals surface area contributed by atoms with Gasteiger partial charge in [0.2, 0.25) is 11.8 Å². The highest BCUT2D eigenvalue weighted by Gasteiger charge is 2.15. The summed E-state index contributed by atoms with van der Waals surface area (Å²) in [5.74, 6) is 0.541. The van der Waals surface area contributed by atoms with Crippen molar-refractivity contribution in [3.05, 3.63) is 53.1 Å². The van der Waals surface area contributed by atoms with E-state index in [1.165, 1.54) is 12.5 Å². The number of anilines is 2. The van der Waals surface area contributed by atoms with Crippen LogP contribution in [0.5, 0.6) is 5.75 Å². The summed E-state index contributed by atoms with van der Waals surface area (Å²) < 4.78 is 5.64. The summed E-state index contributed by atoms with van der Waals surface area (Å²) in [6.07, 6.45) is 0.309. The average Bonchev–Trinajstić information content (AvgIpc) is 2.59. The van der Waals surface area contributed by atoms with Gasteiger partial charge in [0.25, 0.3) is 0 Å². The number of carbonyl (C=O) groups is 2. The molecule has 2 aromatic rings. The molecule has 0 unspecified atom stereocenters. The molecule has 5 heteroatoms. The van der Waals surface area contributed by atoms with Gasteiger partial charge < -0.3 is 15.0 Å². The molecule has 28 heavy (non-hydrogen) atoms. The van der Waals surface area contributed by atoms with Crippen molar-refractivity contribution < 1.29 is 14.3 Å². The maximum atomic E-state index is 12.5. The lowest BCUT2D eigenvalue weighted by Crippen LogP contribution is -2.32. The third kappa shape index (κ3) is 5.84. The third-order valence-electron chi connectivity index (χ3n) is 4.40. The van der Waals surface area contributed by atoms with E-state index in [0.29, 0.717) is 6.54 Å². The van der Waals surface area contributed by atoms with Gasteiger partial charge in [0.05, 0.1) is 6.10 Å². The van der Waals surface area contributed by atoms with Gasteiger partial charge in [0.1, 0.15) is 5.75 Å². The number of carbonyl (C=O) groups excluding carboxylic acids is 2. The Labute approximate surface area is 167 Å². The van der Waals surface area contributed by atoms with Crippen molar-refractivity contribution in [1.82, 2.24) is 0 Å². The van der Waals surface area contributed by atoms with Crippen LogP contribution in [0.1, 0.15) is 43.9 Å². The molecule has 1 N–H and O–H groups in total. The van der Waals surface area contributed by atoms with E-state index in [1.54, 1.807) is 4.90 Å². The number of nitrogens with one attached hydrogen (secondary N) is 1. The number of amides is 2. The molecule has 2 rings (SSSR count). The molecule has 0 aliphatic carbocycles. The van der Waals surface area contributed by atoms with E-state index >= 15 is 0 Å². The zero-order valence-electron chi connectivity index (χ0n) is 17.6. The molecule has 0 saturated heterocycles. The zero-order valence-corrected chi connectivity index (χ0v) is 17.6. The number of ether oxygens (including phenoxy) is 1. The number of hydrogen-bond donors (Lipinski definition) is 1. The van der Waals surface area contributed by atoms with E-state index in [2.05, 4.69) is 5.32 Å². The van der Waals surface area contributed by atoms with Crippen LogP contribution in [0.25, 0.3) is 0 Å². The highest BCUT2D eigenvalue weighted by molar-refractivity contribution is 5.95. The van der Waals surface area contributed by atoms with Crippen LogP contribution in [-0.4, -0.2) is 24.5 Å². The predicted molar refractivity (Wildman–Crippen MR) is 114 cm³/mol. The molecular formula is C23H30N2O3. The van der Waals surface area contributed by atoms with Gasteiger partial charge in [0, 0.05) is 31.3 Å². The molecule has 150 valence electrons. The van der Waals surface area contributed by atoms with Gasteiger partial charge in [-0.1, -0.05) is 17.7 Å². The highest BCUT2D eigenvalue weighted by atomic mass is 16.5. The van der Waals surface area contributed by atoms with Gasteiger partial charge in [-0.05, 0) is 70.0 Å². The molecule has 2 aromatic carbocycles. The van der Waals surface area contributed by atoms with E-state index in [9.17, 15) is 9.59 Å². The SMILES string of the molecule is CC(=O)N(CCC(=O)Nc1c(C)cc(C)cc1C)c1ccc(OC(C)C)cc1. The maximum absolute atomic E-state index is 12.5. The quantitative estimate of drug-likeness (QED) is 0.750. The molecule has 0 spiro atoms. The molecule has 0 radical (unpaired) electrons. The number of hydrogen-bond acceptors (Lipinski definition) is 3. The fraction of sp³-hybridized carbons (Fsp3) is 0.391. The minimum absolute atomic E-state index is 0.0899. The van der Waals surface area contributed by atoms with E-state index < -0.39 is 0 Å². The van der Waals surface area contributed by atoms with Gasteiger partial charge in [-0.15, -0.1) is 0 Å². The number of benzene rings is 2. The van der Waals surface area contributed by atoms with Crippen molar-refractivity contribution in [3.63, 3.8) is 0 Å². The van der Waals surface area contributed by atoms with E-state index in [0.717, 1.165) is 28.3 Å². The van der Waals surface area contributed by atoms with Crippen LogP contribution in [0.4, 0.5) is 11.4 Å². The normalized spacial score (nSPS) is 10.7. The van der Waals surface area contributed by atoms with E-state index in [4.69, 9.17) is 4.74 Å². The molecule has 0 atom stereocenters. The first-order chi connectivity index (χ1) is 13.2. The monoisotopic (exact) mass is 382 g/mol. The summed E-state index contributed by atoms with van der Waals surface area (Å²) in [5, 5.41) is 2.99. The first kappa shape index (κ1) is 21.5. The summed E-state index contributed by atoms with van der Waals surface area (Å²) >= 11 is 0. The van der Waals surface area contributed by atoms with Crippen molar-refractivity contribution in [1.29, 1.82) is 0 Å². The summed E-state index contributed by atoms with van der Waals surface area (Å²) in [6.45, 7) is 11.8. The van der Waals surface area contributed by atoms with Crippen LogP contribution < -0.4 is 15.0 Å². The Balaban J connectivity index is 2.03. The highest BCUT2D eigenvalue weighted by Crippen LogP contribution is 2.23. The molecule has 0 aliphatic heterocycles. The minimum Gasteiger partial charge on any atom is -0.491 e. The van der Waals surface area contributed by atoms with Crippen molar-refractivity contribution in [2.45, 2.75) is 54.1 Å². The zero-order chi connectivity index (χ0) is 20.8. The molecule has 0 aliphatic rings. The Morgan fingerprint density at radius 2 is 1.61 bits per heavy atom. The summed E-state index contributed by atoms with van der Waals surface area (Å²) in [4.78, 5) is 26.2. The Kier molecular flexibility index (Phi) is 7.21. The van der Waals surface area contributed by atoms with Crippen LogP contribution in [0, 0.1) is 20.8 Å². The lowest BCUT2D eigenvalue weighted by molar-refractivity contribution is -0.117. The summed E-state index contributed by atoms with van der Waals surface area (Å²) in [5.41, 5.74) is 4.84. The van der Waals surface area contributed by atoms with Gasteiger partial charge in [-0.3, -0.25) is 9.59 Å². The van der Waals surface area contributed by atoms with Crippen molar-refractivity contribution in [2.24, 2.45) is 0 Å². The predicted octanol–water partition coefficient (Wildman–Crippen LogP) is 4.78. The Morgan fingerprint density at radius 1 is 1.04 bits per heavy atom. The number of rotatable bonds is 7. The second kappa shape index (κ2) is 9.40. The lowest BCUT2D eigenvalue weighted by Gasteiger charge is -2.22. The van der Waals surface area contributed by atoms with Crippen LogP contribution in [0.2, 0.25) is 0 Å². The standard InChI is InChI=1S/C23H30N2O3/c1-15(2)28-21-9-7-20(8-10-21)25(19(6)26)12-11-22(27)24-23-17(4)13-16(3)14-18(23)5/h7-10,13-15H,11-12H2,1-6H3,(H,24,27). The molecule has 2 amide bonds. The fourth-order valence-electron chi connectivity index (χ4n) is 3.24. The van der Waals surface area contributed by atoms with Crippen LogP contribution >= 0.6 is 0 Å². The second-order valence-electron chi connectivity index (χ2n) is 7.40. The molecule has 0 aromatic heterocycles. The first-order valence-corrected chi connectivity index (χ1v) is 9.60. The van der Waals surface area contributed by atoms with Crippen molar-refractivity contribution in [2.75, 3.05) is 16.8 Å². The summed E-state index contributed by atoms with van der Waals surface area (Å²) in [7, 11) is 0. The largest absolute Gasteiger partial charge is 0.491 e. The van der Waals surface area contributed by atoms with Gasteiger partial charge >= 0.3 is 0 Å². The Morgan fingerprint density at radius 3 is 2.11 bits per heavy atom. The third-order valence-corrected chi connectivity index (χ3v) is 4.40. The fourth-order valence-corrected chi connectivity index (χ4v) is 3.24. The van der Waals surface area contributed by atoms with Crippen molar-refractivity contribution >= 4 is 23.2 Å². The summed E-state index contributed by atoms with van der Waals surface area (Å²) in [6, 6.07) is 11.4. The van der Waals surface area contributed by atoms with Crippen molar-refractivity contribution in [3.8, 4) is 5.75 Å². The Bertz CT molecular complexity index is 818. The average molecular weight is 383 g/mol. The van der Waals surface area contributed by atoms with E-state index in [-0.39, 0.29) is 24.3 Å². The van der Waals surface area contributed by atoms with Gasteiger partial charge in [-0.25, -0.2) is 0 Å². The first-order valence-electron chi connectivity index (χ1n) is 9.60. The smallest absolute Gasteiger partial charge is 0.226 e. The lowest BCUT2D eigenvalue weighted by atomic mass is 10.0. The number of nitrogens with zero attached hydrogens (tertiary/aromatic N) is 1. The van der Waals surface area contributed by atoms with Crippen LogP contribution in [0.15, 0.2) is 36.4 Å². The molecule has 0 heterocycles. The topological polar surface area (TPSA) is 58.6 Å². The maximum Gasteiger partial charge on any atom is 0.226 e. The second-order valence-corrected chi connectivity index (χ2v) is 7.40. The van der Waals surface area contributed by atoms with E-state index in [1.807, 2.05) is 71.0 Å². The minimum atomic E-state index is -0.110. The Hall–Kier alpha value is -2.82.